The lowest BCUT2D eigenvalue weighted by Gasteiger charge is -2.23. The first-order chi connectivity index (χ1) is 10.6. The predicted octanol–water partition coefficient (Wildman–Crippen LogP) is 0.969. The van der Waals surface area contributed by atoms with Crippen LogP contribution in [0.1, 0.15) is 5.56 Å². The van der Waals surface area contributed by atoms with Crippen LogP contribution in [0.15, 0.2) is 16.8 Å². The van der Waals surface area contributed by atoms with Gasteiger partial charge in [-0.3, -0.25) is 9.69 Å². The molecule has 22 heavy (non-hydrogen) atoms. The molecule has 0 aliphatic carbocycles. The molecule has 1 aromatic heterocycles. The van der Waals surface area contributed by atoms with E-state index in [1.165, 1.54) is 5.56 Å². The van der Waals surface area contributed by atoms with Crippen LogP contribution in [0.3, 0.4) is 0 Å². The highest BCUT2D eigenvalue weighted by Gasteiger charge is 2.38. The third kappa shape index (κ3) is 3.87. The first-order valence-electron chi connectivity index (χ1n) is 7.89. The molecular weight excluding hydrogens is 298 g/mol. The highest BCUT2D eigenvalue weighted by Crippen LogP contribution is 2.25. The summed E-state index contributed by atoms with van der Waals surface area (Å²) in [7, 11) is 3.87. The Morgan fingerprint density at radius 3 is 3.00 bits per heavy atom. The van der Waals surface area contributed by atoms with E-state index < -0.39 is 0 Å². The molecule has 0 bridgehead atoms. The Hall–Kier alpha value is -0.950. The van der Waals surface area contributed by atoms with Crippen molar-refractivity contribution in [1.29, 1.82) is 0 Å². The van der Waals surface area contributed by atoms with Crippen LogP contribution in [-0.2, 0) is 16.1 Å². The molecule has 5 nitrogen and oxygen atoms in total. The Balaban J connectivity index is 1.58. The van der Waals surface area contributed by atoms with Crippen LogP contribution >= 0.6 is 11.3 Å². The average molecular weight is 323 g/mol. The molecule has 3 rings (SSSR count). The number of likely N-dealkylation sites (tertiary alicyclic amines) is 1. The number of carbonyl (C=O) groups excluding carboxylic acids is 1. The molecule has 0 aromatic carbocycles. The summed E-state index contributed by atoms with van der Waals surface area (Å²) in [6.45, 7) is 5.82. The summed E-state index contributed by atoms with van der Waals surface area (Å²) in [5, 5.41) is 4.34. The zero-order valence-corrected chi connectivity index (χ0v) is 14.2. The van der Waals surface area contributed by atoms with E-state index in [1.807, 2.05) is 23.9 Å². The van der Waals surface area contributed by atoms with Gasteiger partial charge in [-0.1, -0.05) is 0 Å². The predicted molar refractivity (Wildman–Crippen MR) is 88.0 cm³/mol. The smallest absolute Gasteiger partial charge is 0.236 e. The fraction of sp³-hybridized carbons (Fsp3) is 0.688. The molecule has 0 unspecified atom stereocenters. The average Bonchev–Trinajstić information content (AvgIpc) is 3.05. The maximum absolute atomic E-state index is 12.2. The van der Waals surface area contributed by atoms with Crippen molar-refractivity contribution in [3.05, 3.63) is 22.4 Å². The van der Waals surface area contributed by atoms with Gasteiger partial charge in [-0.2, -0.15) is 11.3 Å². The summed E-state index contributed by atoms with van der Waals surface area (Å²) < 4.78 is 6.02. The summed E-state index contributed by atoms with van der Waals surface area (Å²) in [5.41, 5.74) is 1.38. The Labute approximate surface area is 136 Å². The Morgan fingerprint density at radius 1 is 1.41 bits per heavy atom. The molecule has 2 aliphatic heterocycles. The lowest BCUT2D eigenvalue weighted by molar-refractivity contribution is -0.131. The first-order valence-corrected chi connectivity index (χ1v) is 8.83. The standard InChI is InChI=1S/C16H25N3O2S/c1-17(2)11-16(20)19-9-14-8-18(4-5-21-15(14)10-19)7-13-3-6-22-12-13/h3,6,12,14-15H,4-5,7-11H2,1-2H3/t14-,15+/m0/s1. The van der Waals surface area contributed by atoms with E-state index in [4.69, 9.17) is 4.74 Å². The van der Waals surface area contributed by atoms with Crippen LogP contribution in [0.2, 0.25) is 0 Å². The van der Waals surface area contributed by atoms with Gasteiger partial charge in [0.2, 0.25) is 5.91 Å². The number of carbonyl (C=O) groups is 1. The number of hydrogen-bond donors (Lipinski definition) is 0. The fourth-order valence-corrected chi connectivity index (χ4v) is 3.98. The zero-order valence-electron chi connectivity index (χ0n) is 13.4. The summed E-state index contributed by atoms with van der Waals surface area (Å²) in [5.74, 6) is 0.651. The monoisotopic (exact) mass is 323 g/mol. The van der Waals surface area contributed by atoms with Crippen molar-refractivity contribution >= 4 is 17.2 Å². The zero-order chi connectivity index (χ0) is 15.5. The molecule has 2 aliphatic rings. The van der Waals surface area contributed by atoms with E-state index in [2.05, 4.69) is 21.7 Å². The van der Waals surface area contributed by atoms with E-state index in [-0.39, 0.29) is 12.0 Å². The maximum atomic E-state index is 12.2. The van der Waals surface area contributed by atoms with E-state index in [0.29, 0.717) is 12.5 Å². The number of hydrogen-bond acceptors (Lipinski definition) is 5. The van der Waals surface area contributed by atoms with Gasteiger partial charge in [-0.15, -0.1) is 0 Å². The lowest BCUT2D eigenvalue weighted by atomic mass is 10.1. The minimum Gasteiger partial charge on any atom is -0.375 e. The van der Waals surface area contributed by atoms with Crippen molar-refractivity contribution < 1.29 is 9.53 Å². The van der Waals surface area contributed by atoms with Crippen molar-refractivity contribution in [2.24, 2.45) is 5.92 Å². The lowest BCUT2D eigenvalue weighted by Crippen LogP contribution is -2.38. The van der Waals surface area contributed by atoms with Gasteiger partial charge >= 0.3 is 0 Å². The van der Waals surface area contributed by atoms with Gasteiger partial charge in [0.1, 0.15) is 0 Å². The molecular formula is C16H25N3O2S. The van der Waals surface area contributed by atoms with Gasteiger partial charge in [-0.25, -0.2) is 0 Å². The molecule has 122 valence electrons. The molecule has 1 amide bonds. The molecule has 2 saturated heterocycles. The number of likely N-dealkylation sites (N-methyl/N-ethyl adjacent to an activating group) is 1. The van der Waals surface area contributed by atoms with E-state index in [0.717, 1.165) is 39.3 Å². The second-order valence-corrected chi connectivity index (χ2v) is 7.35. The Kier molecular flexibility index (Phi) is 5.13. The largest absolute Gasteiger partial charge is 0.375 e. The van der Waals surface area contributed by atoms with Crippen molar-refractivity contribution in [2.45, 2.75) is 12.6 Å². The third-order valence-corrected chi connectivity index (χ3v) is 5.14. The number of thiophene rings is 1. The molecule has 0 radical (unpaired) electrons. The van der Waals surface area contributed by atoms with Crippen molar-refractivity contribution in [3.8, 4) is 0 Å². The number of fused-ring (bicyclic) bond motifs is 1. The molecule has 0 saturated carbocycles. The van der Waals surface area contributed by atoms with Gasteiger partial charge < -0.3 is 14.5 Å². The molecule has 0 spiro atoms. The number of nitrogens with zero attached hydrogens (tertiary/aromatic N) is 3. The summed E-state index contributed by atoms with van der Waals surface area (Å²) in [4.78, 5) is 18.6. The molecule has 1 aromatic rings. The molecule has 2 fully saturated rings. The number of rotatable bonds is 4. The highest BCUT2D eigenvalue weighted by atomic mass is 32.1. The van der Waals surface area contributed by atoms with Gasteiger partial charge in [0, 0.05) is 38.6 Å². The molecule has 0 N–H and O–H groups in total. The third-order valence-electron chi connectivity index (χ3n) is 4.40. The summed E-state index contributed by atoms with van der Waals surface area (Å²) in [6, 6.07) is 2.19. The Morgan fingerprint density at radius 2 is 2.27 bits per heavy atom. The van der Waals surface area contributed by atoms with Crippen LogP contribution in [0.25, 0.3) is 0 Å². The molecule has 3 heterocycles. The normalized spacial score (nSPS) is 26.2. The summed E-state index contributed by atoms with van der Waals surface area (Å²) in [6.07, 6.45) is 0.207. The van der Waals surface area contributed by atoms with Crippen LogP contribution in [0, 0.1) is 5.92 Å². The van der Waals surface area contributed by atoms with Gasteiger partial charge in [0.05, 0.1) is 19.3 Å². The number of amides is 1. The van der Waals surface area contributed by atoms with E-state index in [9.17, 15) is 4.79 Å². The van der Waals surface area contributed by atoms with Crippen LogP contribution in [0.4, 0.5) is 0 Å². The topological polar surface area (TPSA) is 36.0 Å². The van der Waals surface area contributed by atoms with Gasteiger partial charge in [-0.05, 0) is 36.5 Å². The fourth-order valence-electron chi connectivity index (χ4n) is 3.32. The first kappa shape index (κ1) is 15.9. The summed E-state index contributed by atoms with van der Waals surface area (Å²) >= 11 is 1.75. The highest BCUT2D eigenvalue weighted by molar-refractivity contribution is 7.07. The second-order valence-electron chi connectivity index (χ2n) is 6.57. The maximum Gasteiger partial charge on any atom is 0.236 e. The van der Waals surface area contributed by atoms with Crippen LogP contribution < -0.4 is 0 Å². The molecule has 2 atom stereocenters. The van der Waals surface area contributed by atoms with Crippen molar-refractivity contribution in [1.82, 2.24) is 14.7 Å². The SMILES string of the molecule is CN(C)CC(=O)N1C[C@@H]2CN(Cc3ccsc3)CCO[C@@H]2C1. The minimum absolute atomic E-state index is 0.207. The van der Waals surface area contributed by atoms with Crippen LogP contribution in [0.5, 0.6) is 0 Å². The Bertz CT molecular complexity index is 492. The van der Waals surface area contributed by atoms with E-state index >= 15 is 0 Å². The van der Waals surface area contributed by atoms with Gasteiger partial charge in [0.25, 0.3) is 0 Å². The number of ether oxygens (including phenoxy) is 1. The van der Waals surface area contributed by atoms with E-state index in [1.54, 1.807) is 11.3 Å². The van der Waals surface area contributed by atoms with Crippen molar-refractivity contribution in [3.63, 3.8) is 0 Å². The van der Waals surface area contributed by atoms with Crippen LogP contribution in [-0.4, -0.2) is 80.1 Å². The van der Waals surface area contributed by atoms with Gasteiger partial charge in [0.15, 0.2) is 0 Å². The van der Waals surface area contributed by atoms with Crippen molar-refractivity contribution in [2.75, 3.05) is 53.4 Å². The molecule has 6 heteroatoms. The second kappa shape index (κ2) is 7.08. The quantitative estimate of drug-likeness (QED) is 0.827. The minimum atomic E-state index is 0.207.